The van der Waals surface area contributed by atoms with Gasteiger partial charge in [-0.1, -0.05) is 60.1 Å². The summed E-state index contributed by atoms with van der Waals surface area (Å²) in [6, 6.07) is 16.9. The molecule has 0 radical (unpaired) electrons. The van der Waals surface area contributed by atoms with Crippen LogP contribution in [-0.4, -0.2) is 35.4 Å². The Morgan fingerprint density at radius 1 is 1.08 bits per heavy atom. The topological polar surface area (TPSA) is 40.5 Å². The van der Waals surface area contributed by atoms with Crippen LogP contribution in [0.1, 0.15) is 34.9 Å². The molecule has 1 heterocycles. The average molecular weight is 344 g/mol. The predicted molar refractivity (Wildman–Crippen MR) is 96.3 cm³/mol. The van der Waals surface area contributed by atoms with E-state index >= 15 is 0 Å². The van der Waals surface area contributed by atoms with E-state index in [4.69, 9.17) is 11.6 Å². The summed E-state index contributed by atoms with van der Waals surface area (Å²) >= 11 is 6.15. The second kappa shape index (κ2) is 7.93. The van der Waals surface area contributed by atoms with Crippen LogP contribution in [0.4, 0.5) is 0 Å². The number of ketones is 1. The van der Waals surface area contributed by atoms with Crippen LogP contribution in [-0.2, 0) is 0 Å². The number of benzene rings is 2. The summed E-state index contributed by atoms with van der Waals surface area (Å²) in [7, 11) is 0. The van der Waals surface area contributed by atoms with E-state index in [0.29, 0.717) is 11.6 Å². The number of nitrogens with zero attached hydrogens (tertiary/aromatic N) is 1. The Bertz CT molecular complexity index is 681. The number of aliphatic hydroxyl groups excluding tert-OH is 1. The zero-order valence-corrected chi connectivity index (χ0v) is 14.3. The highest BCUT2D eigenvalue weighted by atomic mass is 35.5. The summed E-state index contributed by atoms with van der Waals surface area (Å²) in [6.45, 7) is 2.20. The first kappa shape index (κ1) is 17.2. The van der Waals surface area contributed by atoms with Gasteiger partial charge in [0.05, 0.1) is 6.10 Å². The third-order valence-electron chi connectivity index (χ3n) is 4.71. The first-order valence-corrected chi connectivity index (χ1v) is 8.77. The van der Waals surface area contributed by atoms with E-state index in [1.165, 1.54) is 0 Å². The molecule has 1 fully saturated rings. The van der Waals surface area contributed by atoms with E-state index in [9.17, 15) is 9.90 Å². The lowest BCUT2D eigenvalue weighted by atomic mass is 9.88. The maximum Gasteiger partial charge on any atom is 0.166 e. The SMILES string of the molecule is O=C(c1ccccc1)C1CCN(CC(O)c2ccccc2Cl)CC1. The molecule has 0 aromatic heterocycles. The van der Waals surface area contributed by atoms with E-state index in [1.54, 1.807) is 6.07 Å². The lowest BCUT2D eigenvalue weighted by Gasteiger charge is -2.32. The number of β-amino-alcohol motifs (C(OH)–C–C–N with tert-alkyl or cyclic N) is 1. The van der Waals surface area contributed by atoms with Crippen molar-refractivity contribution in [3.63, 3.8) is 0 Å². The molecule has 0 saturated carbocycles. The number of hydrogen-bond acceptors (Lipinski definition) is 3. The molecule has 126 valence electrons. The van der Waals surface area contributed by atoms with Crippen molar-refractivity contribution in [2.24, 2.45) is 5.92 Å². The number of halogens is 1. The standard InChI is InChI=1S/C20H22ClNO2/c21-18-9-5-4-8-17(18)19(23)14-22-12-10-16(11-13-22)20(24)15-6-2-1-3-7-15/h1-9,16,19,23H,10-14H2. The van der Waals surface area contributed by atoms with Crippen molar-refractivity contribution >= 4 is 17.4 Å². The van der Waals surface area contributed by atoms with Crippen LogP contribution >= 0.6 is 11.6 Å². The van der Waals surface area contributed by atoms with Crippen LogP contribution in [0, 0.1) is 5.92 Å². The molecular weight excluding hydrogens is 322 g/mol. The van der Waals surface area contributed by atoms with Gasteiger partial charge in [0.2, 0.25) is 0 Å². The Balaban J connectivity index is 1.54. The van der Waals surface area contributed by atoms with Crippen molar-refractivity contribution in [3.8, 4) is 0 Å². The van der Waals surface area contributed by atoms with Gasteiger partial charge >= 0.3 is 0 Å². The normalized spacial score (nSPS) is 17.6. The molecule has 24 heavy (non-hydrogen) atoms. The minimum atomic E-state index is -0.597. The van der Waals surface area contributed by atoms with Crippen LogP contribution in [0.25, 0.3) is 0 Å². The largest absolute Gasteiger partial charge is 0.387 e. The van der Waals surface area contributed by atoms with E-state index in [2.05, 4.69) is 4.90 Å². The quantitative estimate of drug-likeness (QED) is 0.835. The molecule has 0 amide bonds. The molecule has 1 aliphatic rings. The number of Topliss-reactive ketones (excluding diaryl/α,β-unsaturated/α-hetero) is 1. The molecule has 1 atom stereocenters. The van der Waals surface area contributed by atoms with Crippen LogP contribution < -0.4 is 0 Å². The van der Waals surface area contributed by atoms with Crippen LogP contribution in [0.15, 0.2) is 54.6 Å². The molecule has 3 nitrogen and oxygen atoms in total. The van der Waals surface area contributed by atoms with Crippen molar-refractivity contribution in [3.05, 3.63) is 70.7 Å². The summed E-state index contributed by atoms with van der Waals surface area (Å²) in [5.41, 5.74) is 1.56. The molecular formula is C20H22ClNO2. The zero-order valence-electron chi connectivity index (χ0n) is 13.6. The molecule has 1 saturated heterocycles. The van der Waals surface area contributed by atoms with Crippen molar-refractivity contribution in [2.45, 2.75) is 18.9 Å². The van der Waals surface area contributed by atoms with Crippen molar-refractivity contribution in [1.82, 2.24) is 4.90 Å². The van der Waals surface area contributed by atoms with Gasteiger partial charge in [0.25, 0.3) is 0 Å². The van der Waals surface area contributed by atoms with Gasteiger partial charge in [0, 0.05) is 28.6 Å². The van der Waals surface area contributed by atoms with Gasteiger partial charge in [0.15, 0.2) is 5.78 Å². The van der Waals surface area contributed by atoms with E-state index < -0.39 is 6.10 Å². The Kier molecular flexibility index (Phi) is 5.67. The predicted octanol–water partition coefficient (Wildman–Crippen LogP) is 3.97. The molecule has 0 aliphatic carbocycles. The minimum absolute atomic E-state index is 0.0844. The van der Waals surface area contributed by atoms with Crippen molar-refractivity contribution in [1.29, 1.82) is 0 Å². The number of carbonyl (C=O) groups is 1. The number of aliphatic hydroxyl groups is 1. The number of rotatable bonds is 5. The van der Waals surface area contributed by atoms with E-state index in [-0.39, 0.29) is 11.7 Å². The smallest absolute Gasteiger partial charge is 0.166 e. The van der Waals surface area contributed by atoms with Gasteiger partial charge in [-0.25, -0.2) is 0 Å². The second-order valence-corrected chi connectivity index (χ2v) is 6.75. The van der Waals surface area contributed by atoms with Gasteiger partial charge in [-0.05, 0) is 32.0 Å². The van der Waals surface area contributed by atoms with Gasteiger partial charge < -0.3 is 10.0 Å². The van der Waals surface area contributed by atoms with Crippen molar-refractivity contribution in [2.75, 3.05) is 19.6 Å². The lowest BCUT2D eigenvalue weighted by molar-refractivity contribution is 0.0727. The fraction of sp³-hybridized carbons (Fsp3) is 0.350. The summed E-state index contributed by atoms with van der Waals surface area (Å²) in [4.78, 5) is 14.7. The van der Waals surface area contributed by atoms with Crippen LogP contribution in [0.3, 0.4) is 0 Å². The molecule has 1 unspecified atom stereocenters. The number of piperidine rings is 1. The number of carbonyl (C=O) groups excluding carboxylic acids is 1. The molecule has 0 spiro atoms. The summed E-state index contributed by atoms with van der Waals surface area (Å²) < 4.78 is 0. The van der Waals surface area contributed by atoms with Gasteiger partial charge in [-0.3, -0.25) is 4.79 Å². The number of likely N-dealkylation sites (tertiary alicyclic amines) is 1. The highest BCUT2D eigenvalue weighted by Crippen LogP contribution is 2.26. The Labute approximate surface area is 147 Å². The Morgan fingerprint density at radius 3 is 2.38 bits per heavy atom. The molecule has 1 N–H and O–H groups in total. The Morgan fingerprint density at radius 2 is 1.71 bits per heavy atom. The summed E-state index contributed by atoms with van der Waals surface area (Å²) in [5, 5.41) is 11.0. The Hall–Kier alpha value is -1.68. The zero-order chi connectivity index (χ0) is 16.9. The fourth-order valence-electron chi connectivity index (χ4n) is 3.30. The molecule has 3 rings (SSSR count). The summed E-state index contributed by atoms with van der Waals surface area (Å²) in [5.74, 6) is 0.322. The second-order valence-electron chi connectivity index (χ2n) is 6.34. The highest BCUT2D eigenvalue weighted by molar-refractivity contribution is 6.31. The van der Waals surface area contributed by atoms with Gasteiger partial charge in [-0.15, -0.1) is 0 Å². The van der Waals surface area contributed by atoms with Crippen LogP contribution in [0.2, 0.25) is 5.02 Å². The first-order chi connectivity index (χ1) is 11.6. The van der Waals surface area contributed by atoms with Gasteiger partial charge in [0.1, 0.15) is 0 Å². The fourth-order valence-corrected chi connectivity index (χ4v) is 3.57. The molecule has 2 aromatic rings. The average Bonchev–Trinajstić information content (AvgIpc) is 2.63. The maximum atomic E-state index is 12.5. The van der Waals surface area contributed by atoms with Crippen molar-refractivity contribution < 1.29 is 9.90 Å². The molecule has 0 bridgehead atoms. The molecule has 2 aromatic carbocycles. The maximum absolute atomic E-state index is 12.5. The summed E-state index contributed by atoms with van der Waals surface area (Å²) in [6.07, 6.45) is 1.08. The molecule has 4 heteroatoms. The van der Waals surface area contributed by atoms with Crippen LogP contribution in [0.5, 0.6) is 0 Å². The van der Waals surface area contributed by atoms with E-state index in [1.807, 2.05) is 48.5 Å². The van der Waals surface area contributed by atoms with E-state index in [0.717, 1.165) is 37.1 Å². The highest BCUT2D eigenvalue weighted by Gasteiger charge is 2.27. The number of hydrogen-bond donors (Lipinski definition) is 1. The third-order valence-corrected chi connectivity index (χ3v) is 5.06. The minimum Gasteiger partial charge on any atom is -0.387 e. The monoisotopic (exact) mass is 343 g/mol. The van der Waals surface area contributed by atoms with Gasteiger partial charge in [-0.2, -0.15) is 0 Å². The molecule has 1 aliphatic heterocycles. The lowest BCUT2D eigenvalue weighted by Crippen LogP contribution is -2.38. The first-order valence-electron chi connectivity index (χ1n) is 8.39. The third kappa shape index (κ3) is 4.04.